The topological polar surface area (TPSA) is 20.2 Å². The molecule has 0 atom stereocenters. The summed E-state index contributed by atoms with van der Waals surface area (Å²) < 4.78 is 2.28. The van der Waals surface area contributed by atoms with Crippen molar-refractivity contribution in [3.63, 3.8) is 0 Å². The van der Waals surface area contributed by atoms with Crippen LogP contribution in [0.2, 0.25) is 0 Å². The fourth-order valence-electron chi connectivity index (χ4n) is 1.31. The van der Waals surface area contributed by atoms with E-state index >= 15 is 0 Å². The van der Waals surface area contributed by atoms with Gasteiger partial charge in [-0.2, -0.15) is 0 Å². The lowest BCUT2D eigenvalue weighted by Crippen LogP contribution is -2.12. The lowest BCUT2D eigenvalue weighted by atomic mass is 10.1. The minimum absolute atomic E-state index is 0.740. The van der Waals surface area contributed by atoms with Crippen molar-refractivity contribution >= 4 is 37.4 Å². The molecule has 0 unspecified atom stereocenters. The lowest BCUT2D eigenvalue weighted by Gasteiger charge is -2.13. The van der Waals surface area contributed by atoms with E-state index in [1.165, 1.54) is 10.1 Å². The second kappa shape index (κ2) is 3.33. The molecular weight excluding hydrogens is 260 g/mol. The van der Waals surface area contributed by atoms with Crippen LogP contribution in [0.4, 0.5) is 0 Å². The van der Waals surface area contributed by atoms with Gasteiger partial charge in [0.2, 0.25) is 0 Å². The maximum atomic E-state index is 9.86. The Morgan fingerprint density at radius 1 is 1.29 bits per heavy atom. The van der Waals surface area contributed by atoms with E-state index in [2.05, 4.69) is 28.1 Å². The number of fused-ring (bicyclic) bond motifs is 1. The first kappa shape index (κ1) is 10.1. The number of halogens is 1. The van der Waals surface area contributed by atoms with Crippen LogP contribution in [0, 0.1) is 0 Å². The molecule has 74 valence electrons. The van der Waals surface area contributed by atoms with Crippen LogP contribution in [0.25, 0.3) is 10.1 Å². The van der Waals surface area contributed by atoms with Gasteiger partial charge < -0.3 is 5.11 Å². The molecule has 1 aromatic carbocycles. The monoisotopic (exact) mass is 270 g/mol. The van der Waals surface area contributed by atoms with Crippen LogP contribution < -0.4 is 0 Å². The van der Waals surface area contributed by atoms with Crippen LogP contribution in [0.15, 0.2) is 28.7 Å². The predicted molar refractivity (Wildman–Crippen MR) is 64.8 cm³/mol. The van der Waals surface area contributed by atoms with Gasteiger partial charge in [0.1, 0.15) is 0 Å². The van der Waals surface area contributed by atoms with Crippen molar-refractivity contribution in [1.82, 2.24) is 0 Å². The fraction of sp³-hybridized carbons (Fsp3) is 0.273. The molecule has 0 aliphatic heterocycles. The summed E-state index contributed by atoms with van der Waals surface area (Å²) in [6.07, 6.45) is 0. The van der Waals surface area contributed by atoms with E-state index in [-0.39, 0.29) is 0 Å². The highest BCUT2D eigenvalue weighted by Crippen LogP contribution is 2.34. The Bertz CT molecular complexity index is 468. The summed E-state index contributed by atoms with van der Waals surface area (Å²) in [5, 5.41) is 11.0. The Balaban J connectivity index is 2.63. The second-order valence-electron chi connectivity index (χ2n) is 3.85. The molecule has 3 heteroatoms. The zero-order valence-electron chi connectivity index (χ0n) is 8.04. The molecule has 0 radical (unpaired) electrons. The molecule has 0 saturated carbocycles. The average Bonchev–Trinajstić information content (AvgIpc) is 2.45. The maximum absolute atomic E-state index is 9.86. The molecule has 0 amide bonds. The summed E-state index contributed by atoms with van der Waals surface area (Å²) in [6.45, 7) is 3.62. The minimum atomic E-state index is -0.740. The first-order valence-corrected chi connectivity index (χ1v) is 6.00. The summed E-state index contributed by atoms with van der Waals surface area (Å²) in [6, 6.07) is 8.20. The molecule has 0 aliphatic rings. The average molecular weight is 271 g/mol. The molecular formula is C11H11BrOS. The number of hydrogen-bond acceptors (Lipinski definition) is 2. The summed E-state index contributed by atoms with van der Waals surface area (Å²) >= 11 is 5.07. The summed E-state index contributed by atoms with van der Waals surface area (Å²) in [4.78, 5) is 1.01. The summed E-state index contributed by atoms with van der Waals surface area (Å²) in [5.41, 5.74) is -0.740. The van der Waals surface area contributed by atoms with E-state index in [4.69, 9.17) is 0 Å². The highest BCUT2D eigenvalue weighted by molar-refractivity contribution is 9.10. The zero-order chi connectivity index (χ0) is 10.3. The number of rotatable bonds is 1. The second-order valence-corrected chi connectivity index (χ2v) is 5.85. The fourth-order valence-corrected chi connectivity index (χ4v) is 2.92. The van der Waals surface area contributed by atoms with Crippen LogP contribution in [0.5, 0.6) is 0 Å². The van der Waals surface area contributed by atoms with E-state index in [1.807, 2.05) is 26.0 Å². The van der Waals surface area contributed by atoms with Crippen molar-refractivity contribution in [2.45, 2.75) is 19.4 Å². The highest BCUT2D eigenvalue weighted by Gasteiger charge is 2.18. The van der Waals surface area contributed by atoms with Crippen molar-refractivity contribution in [3.8, 4) is 0 Å². The van der Waals surface area contributed by atoms with Crippen molar-refractivity contribution in [2.24, 2.45) is 0 Å². The molecule has 1 aromatic heterocycles. The highest BCUT2D eigenvalue weighted by atomic mass is 79.9. The van der Waals surface area contributed by atoms with Gasteiger partial charge in [0.15, 0.2) is 0 Å². The molecule has 14 heavy (non-hydrogen) atoms. The predicted octanol–water partition coefficient (Wildman–Crippen LogP) is 3.89. The van der Waals surface area contributed by atoms with E-state index in [1.54, 1.807) is 11.3 Å². The Hall–Kier alpha value is -0.380. The number of benzene rings is 1. The first-order valence-electron chi connectivity index (χ1n) is 4.39. The van der Waals surface area contributed by atoms with Gasteiger partial charge >= 0.3 is 0 Å². The van der Waals surface area contributed by atoms with Crippen LogP contribution in [0.1, 0.15) is 18.7 Å². The van der Waals surface area contributed by atoms with E-state index in [0.29, 0.717) is 0 Å². The van der Waals surface area contributed by atoms with Gasteiger partial charge in [0.05, 0.1) is 5.60 Å². The minimum Gasteiger partial charge on any atom is -0.385 e. The molecule has 0 bridgehead atoms. The van der Waals surface area contributed by atoms with E-state index in [0.717, 1.165) is 9.35 Å². The Labute approximate surface area is 95.5 Å². The molecule has 0 fully saturated rings. The Morgan fingerprint density at radius 3 is 2.64 bits per heavy atom. The van der Waals surface area contributed by atoms with Crippen molar-refractivity contribution in [2.75, 3.05) is 0 Å². The molecule has 2 aromatic rings. The SMILES string of the molecule is CC(C)(O)c1cc2ccc(Br)cc2s1. The normalized spacial score (nSPS) is 12.3. The molecule has 1 N–H and O–H groups in total. The smallest absolute Gasteiger partial charge is 0.0932 e. The van der Waals surface area contributed by atoms with Gasteiger partial charge in [-0.05, 0) is 37.4 Å². The van der Waals surface area contributed by atoms with Crippen molar-refractivity contribution in [1.29, 1.82) is 0 Å². The largest absolute Gasteiger partial charge is 0.385 e. The van der Waals surface area contributed by atoms with Crippen LogP contribution in [-0.2, 0) is 5.60 Å². The third-order valence-electron chi connectivity index (χ3n) is 2.09. The van der Waals surface area contributed by atoms with Crippen LogP contribution >= 0.6 is 27.3 Å². The van der Waals surface area contributed by atoms with Crippen molar-refractivity contribution < 1.29 is 5.11 Å². The molecule has 0 spiro atoms. The summed E-state index contributed by atoms with van der Waals surface area (Å²) in [5.74, 6) is 0. The van der Waals surface area contributed by atoms with Crippen LogP contribution in [0.3, 0.4) is 0 Å². The first-order chi connectivity index (χ1) is 6.47. The Morgan fingerprint density at radius 2 is 2.00 bits per heavy atom. The van der Waals surface area contributed by atoms with Gasteiger partial charge in [-0.3, -0.25) is 0 Å². The number of thiophene rings is 1. The number of aliphatic hydroxyl groups is 1. The molecule has 0 aliphatic carbocycles. The van der Waals surface area contributed by atoms with Gasteiger partial charge in [-0.15, -0.1) is 11.3 Å². The summed E-state index contributed by atoms with van der Waals surface area (Å²) in [7, 11) is 0. The lowest BCUT2D eigenvalue weighted by molar-refractivity contribution is 0.0826. The Kier molecular flexibility index (Phi) is 2.41. The number of hydrogen-bond donors (Lipinski definition) is 1. The van der Waals surface area contributed by atoms with Gasteiger partial charge in [0, 0.05) is 14.0 Å². The van der Waals surface area contributed by atoms with Gasteiger partial charge in [-0.1, -0.05) is 22.0 Å². The third-order valence-corrected chi connectivity index (χ3v) is 3.99. The van der Waals surface area contributed by atoms with Crippen molar-refractivity contribution in [3.05, 3.63) is 33.6 Å². The van der Waals surface area contributed by atoms with Crippen LogP contribution in [-0.4, -0.2) is 5.11 Å². The quantitative estimate of drug-likeness (QED) is 0.834. The molecule has 1 heterocycles. The van der Waals surface area contributed by atoms with Gasteiger partial charge in [-0.25, -0.2) is 0 Å². The third kappa shape index (κ3) is 1.85. The molecule has 2 rings (SSSR count). The van der Waals surface area contributed by atoms with Gasteiger partial charge in [0.25, 0.3) is 0 Å². The van der Waals surface area contributed by atoms with E-state index < -0.39 is 5.60 Å². The zero-order valence-corrected chi connectivity index (χ0v) is 10.4. The van der Waals surface area contributed by atoms with E-state index in [9.17, 15) is 5.11 Å². The molecule has 0 saturated heterocycles. The maximum Gasteiger partial charge on any atom is 0.0932 e. The molecule has 1 nitrogen and oxygen atoms in total. The standard InChI is InChI=1S/C11H11BrOS/c1-11(2,13)10-5-7-3-4-8(12)6-9(7)14-10/h3-6,13H,1-2H3.